The summed E-state index contributed by atoms with van der Waals surface area (Å²) < 4.78 is 5.61. The van der Waals surface area contributed by atoms with Gasteiger partial charge in [-0.3, -0.25) is 9.59 Å². The van der Waals surface area contributed by atoms with E-state index < -0.39 is 0 Å². The first kappa shape index (κ1) is 14.6. The average Bonchev–Trinajstić information content (AvgIpc) is 3.16. The Kier molecular flexibility index (Phi) is 4.13. The Morgan fingerprint density at radius 1 is 1.23 bits per heavy atom. The van der Waals surface area contributed by atoms with Gasteiger partial charge >= 0.3 is 0 Å². The van der Waals surface area contributed by atoms with Gasteiger partial charge in [-0.05, 0) is 25.8 Å². The number of nitrogens with zero attached hydrogens (tertiary/aromatic N) is 1. The van der Waals surface area contributed by atoms with Crippen LogP contribution in [0.25, 0.3) is 11.0 Å². The molecular formula is C17H20N2O3. The minimum atomic E-state index is -0.261. The molecule has 5 nitrogen and oxygen atoms in total. The maximum Gasteiger partial charge on any atom is 0.287 e. The van der Waals surface area contributed by atoms with E-state index in [-0.39, 0.29) is 11.8 Å². The molecule has 0 radical (unpaired) electrons. The zero-order valence-corrected chi connectivity index (χ0v) is 12.7. The van der Waals surface area contributed by atoms with Crippen molar-refractivity contribution >= 4 is 22.8 Å². The van der Waals surface area contributed by atoms with E-state index in [9.17, 15) is 9.59 Å². The number of hydrogen-bond donors (Lipinski definition) is 1. The molecule has 0 bridgehead atoms. The molecule has 2 aromatic rings. The number of benzene rings is 1. The lowest BCUT2D eigenvalue weighted by Crippen LogP contribution is -2.32. The van der Waals surface area contributed by atoms with E-state index in [1.54, 1.807) is 0 Å². The number of fused-ring (bicyclic) bond motifs is 1. The highest BCUT2D eigenvalue weighted by atomic mass is 16.3. The first-order chi connectivity index (χ1) is 10.7. The molecule has 0 saturated carbocycles. The Labute approximate surface area is 129 Å². The van der Waals surface area contributed by atoms with E-state index in [0.717, 1.165) is 36.9 Å². The molecule has 1 aliphatic rings. The zero-order valence-electron chi connectivity index (χ0n) is 12.7. The number of carbonyl (C=O) groups is 2. The average molecular weight is 300 g/mol. The fourth-order valence-corrected chi connectivity index (χ4v) is 2.88. The number of hydrogen-bond acceptors (Lipinski definition) is 3. The zero-order chi connectivity index (χ0) is 15.5. The summed E-state index contributed by atoms with van der Waals surface area (Å²) in [6, 6.07) is 7.57. The van der Waals surface area contributed by atoms with Crippen molar-refractivity contribution in [3.8, 4) is 0 Å². The Morgan fingerprint density at radius 2 is 1.95 bits per heavy atom. The SMILES string of the molecule is Cc1c(C(=O)NCCC(=O)N2CCCC2)oc2ccccc12. The third-order valence-corrected chi connectivity index (χ3v) is 4.13. The quantitative estimate of drug-likeness (QED) is 0.943. The van der Waals surface area contributed by atoms with Crippen LogP contribution in [0.1, 0.15) is 35.4 Å². The van der Waals surface area contributed by atoms with Crippen molar-refractivity contribution in [2.75, 3.05) is 19.6 Å². The molecule has 3 rings (SSSR count). The Hall–Kier alpha value is -2.30. The van der Waals surface area contributed by atoms with E-state index in [1.807, 2.05) is 36.1 Å². The van der Waals surface area contributed by atoms with Crippen LogP contribution >= 0.6 is 0 Å². The fourth-order valence-electron chi connectivity index (χ4n) is 2.88. The molecule has 0 spiro atoms. The highest BCUT2D eigenvalue weighted by Gasteiger charge is 2.19. The number of carbonyl (C=O) groups excluding carboxylic acids is 2. The second-order valence-electron chi connectivity index (χ2n) is 5.65. The van der Waals surface area contributed by atoms with Gasteiger partial charge in [0.05, 0.1) is 0 Å². The molecule has 0 unspecified atom stereocenters. The van der Waals surface area contributed by atoms with Crippen LogP contribution < -0.4 is 5.32 Å². The van der Waals surface area contributed by atoms with Crippen LogP contribution in [0.15, 0.2) is 28.7 Å². The number of likely N-dealkylation sites (tertiary alicyclic amines) is 1. The number of amides is 2. The number of nitrogens with one attached hydrogen (secondary N) is 1. The van der Waals surface area contributed by atoms with Crippen LogP contribution in [0.2, 0.25) is 0 Å². The molecule has 1 aromatic carbocycles. The molecule has 116 valence electrons. The molecule has 22 heavy (non-hydrogen) atoms. The Morgan fingerprint density at radius 3 is 2.68 bits per heavy atom. The molecule has 1 N–H and O–H groups in total. The van der Waals surface area contributed by atoms with Gasteiger partial charge in [-0.2, -0.15) is 0 Å². The summed E-state index contributed by atoms with van der Waals surface area (Å²) >= 11 is 0. The number of furan rings is 1. The Bertz CT molecular complexity index is 699. The standard InChI is InChI=1S/C17H20N2O3/c1-12-13-6-2-3-7-14(13)22-16(12)17(21)18-9-8-15(20)19-10-4-5-11-19/h2-3,6-7H,4-5,8-11H2,1H3,(H,18,21). The number of para-hydroxylation sites is 1. The molecular weight excluding hydrogens is 280 g/mol. The topological polar surface area (TPSA) is 62.6 Å². The fraction of sp³-hybridized carbons (Fsp3) is 0.412. The maximum atomic E-state index is 12.2. The monoisotopic (exact) mass is 300 g/mol. The maximum absolute atomic E-state index is 12.2. The van der Waals surface area contributed by atoms with Gasteiger partial charge in [0.15, 0.2) is 5.76 Å². The van der Waals surface area contributed by atoms with Crippen LogP contribution in [0.4, 0.5) is 0 Å². The predicted molar refractivity (Wildman–Crippen MR) is 83.7 cm³/mol. The molecule has 1 aromatic heterocycles. The summed E-state index contributed by atoms with van der Waals surface area (Å²) in [6.07, 6.45) is 2.50. The summed E-state index contributed by atoms with van der Waals surface area (Å²) in [5, 5.41) is 3.72. The molecule has 1 aliphatic heterocycles. The van der Waals surface area contributed by atoms with Crippen LogP contribution in [0.5, 0.6) is 0 Å². The highest BCUT2D eigenvalue weighted by molar-refractivity contribution is 5.99. The lowest BCUT2D eigenvalue weighted by Gasteiger charge is -2.14. The molecule has 0 atom stereocenters. The Balaban J connectivity index is 1.59. The van der Waals surface area contributed by atoms with E-state index in [1.165, 1.54) is 0 Å². The predicted octanol–water partition coefficient (Wildman–Crippen LogP) is 2.48. The van der Waals surface area contributed by atoms with Gasteiger partial charge in [0.2, 0.25) is 5.91 Å². The third kappa shape index (κ3) is 2.84. The minimum Gasteiger partial charge on any atom is -0.451 e. The van der Waals surface area contributed by atoms with Gasteiger partial charge in [-0.1, -0.05) is 18.2 Å². The first-order valence-electron chi connectivity index (χ1n) is 7.71. The van der Waals surface area contributed by atoms with E-state index in [2.05, 4.69) is 5.32 Å². The molecule has 0 aliphatic carbocycles. The summed E-state index contributed by atoms with van der Waals surface area (Å²) in [5.74, 6) is 0.178. The van der Waals surface area contributed by atoms with Gasteiger partial charge in [0.25, 0.3) is 5.91 Å². The summed E-state index contributed by atoms with van der Waals surface area (Å²) in [4.78, 5) is 26.0. The van der Waals surface area contributed by atoms with Crippen molar-refractivity contribution < 1.29 is 14.0 Å². The van der Waals surface area contributed by atoms with Crippen molar-refractivity contribution in [3.63, 3.8) is 0 Å². The van der Waals surface area contributed by atoms with Crippen LogP contribution in [0.3, 0.4) is 0 Å². The van der Waals surface area contributed by atoms with E-state index in [0.29, 0.717) is 24.3 Å². The van der Waals surface area contributed by atoms with Crippen LogP contribution in [0, 0.1) is 6.92 Å². The lowest BCUT2D eigenvalue weighted by molar-refractivity contribution is -0.129. The highest BCUT2D eigenvalue weighted by Crippen LogP contribution is 2.24. The summed E-state index contributed by atoms with van der Waals surface area (Å²) in [6.45, 7) is 3.89. The number of rotatable bonds is 4. The first-order valence-corrected chi connectivity index (χ1v) is 7.71. The van der Waals surface area contributed by atoms with Crippen LogP contribution in [-0.4, -0.2) is 36.3 Å². The van der Waals surface area contributed by atoms with Gasteiger partial charge in [0, 0.05) is 37.0 Å². The smallest absolute Gasteiger partial charge is 0.287 e. The molecule has 1 fully saturated rings. The number of aryl methyl sites for hydroxylation is 1. The van der Waals surface area contributed by atoms with Crippen molar-refractivity contribution in [2.24, 2.45) is 0 Å². The van der Waals surface area contributed by atoms with Gasteiger partial charge in [-0.15, -0.1) is 0 Å². The molecule has 2 heterocycles. The third-order valence-electron chi connectivity index (χ3n) is 4.13. The van der Waals surface area contributed by atoms with Gasteiger partial charge < -0.3 is 14.6 Å². The molecule has 5 heteroatoms. The van der Waals surface area contributed by atoms with Crippen molar-refractivity contribution in [1.82, 2.24) is 10.2 Å². The lowest BCUT2D eigenvalue weighted by atomic mass is 10.1. The second kappa shape index (κ2) is 6.22. The minimum absolute atomic E-state index is 0.110. The largest absolute Gasteiger partial charge is 0.451 e. The van der Waals surface area contributed by atoms with E-state index in [4.69, 9.17) is 4.42 Å². The van der Waals surface area contributed by atoms with Crippen molar-refractivity contribution in [1.29, 1.82) is 0 Å². The summed E-state index contributed by atoms with van der Waals surface area (Å²) in [5.41, 5.74) is 1.54. The molecule has 2 amide bonds. The van der Waals surface area contributed by atoms with Gasteiger partial charge in [0.1, 0.15) is 5.58 Å². The molecule has 1 saturated heterocycles. The van der Waals surface area contributed by atoms with Crippen molar-refractivity contribution in [2.45, 2.75) is 26.2 Å². The van der Waals surface area contributed by atoms with Gasteiger partial charge in [-0.25, -0.2) is 0 Å². The van der Waals surface area contributed by atoms with Crippen LogP contribution in [-0.2, 0) is 4.79 Å². The van der Waals surface area contributed by atoms with Crippen molar-refractivity contribution in [3.05, 3.63) is 35.6 Å². The summed E-state index contributed by atoms with van der Waals surface area (Å²) in [7, 11) is 0. The normalized spacial score (nSPS) is 14.5. The van der Waals surface area contributed by atoms with E-state index >= 15 is 0 Å². The second-order valence-corrected chi connectivity index (χ2v) is 5.65.